The van der Waals surface area contributed by atoms with Crippen molar-refractivity contribution in [1.82, 2.24) is 4.90 Å². The van der Waals surface area contributed by atoms with Gasteiger partial charge in [0.15, 0.2) is 0 Å². The number of halogens is 1. The number of aliphatic hydroxyl groups excluding tert-OH is 1. The van der Waals surface area contributed by atoms with E-state index < -0.39 is 0 Å². The Hall–Kier alpha value is -0.420. The summed E-state index contributed by atoms with van der Waals surface area (Å²) in [7, 11) is 0. The van der Waals surface area contributed by atoms with E-state index in [4.69, 9.17) is 10.8 Å². The molecular weight excluding hydrogens is 280 g/mol. The van der Waals surface area contributed by atoms with Crippen LogP contribution in [0, 0.1) is 0 Å². The van der Waals surface area contributed by atoms with Gasteiger partial charge in [0.25, 0.3) is 0 Å². The van der Waals surface area contributed by atoms with Gasteiger partial charge in [-0.15, -0.1) is 0 Å². The molecule has 1 aromatic carbocycles. The zero-order chi connectivity index (χ0) is 12.7. The van der Waals surface area contributed by atoms with Crippen molar-refractivity contribution in [2.24, 2.45) is 5.73 Å². The second-order valence-corrected chi connectivity index (χ2v) is 4.93. The standard InChI is InChI=1S/C13H21BrN2O/c1-2-16(7-4-8-17)13(10-15)11-5-3-6-12(14)9-11/h3,5-6,9,13,17H,2,4,7-8,10,15H2,1H3. The van der Waals surface area contributed by atoms with Gasteiger partial charge in [-0.2, -0.15) is 0 Å². The summed E-state index contributed by atoms with van der Waals surface area (Å²) in [6.07, 6.45) is 0.790. The number of benzene rings is 1. The van der Waals surface area contributed by atoms with Crippen molar-refractivity contribution in [1.29, 1.82) is 0 Å². The smallest absolute Gasteiger partial charge is 0.0470 e. The summed E-state index contributed by atoms with van der Waals surface area (Å²) in [5, 5.41) is 8.91. The SMILES string of the molecule is CCN(CCCO)C(CN)c1cccc(Br)c1. The normalized spacial score (nSPS) is 13.0. The van der Waals surface area contributed by atoms with Crippen LogP contribution in [-0.2, 0) is 0 Å². The Kier molecular flexibility index (Phi) is 6.73. The highest BCUT2D eigenvalue weighted by Crippen LogP contribution is 2.22. The summed E-state index contributed by atoms with van der Waals surface area (Å²) >= 11 is 3.48. The molecule has 1 aromatic rings. The molecule has 0 saturated carbocycles. The molecular formula is C13H21BrN2O. The van der Waals surface area contributed by atoms with Gasteiger partial charge in [-0.05, 0) is 30.7 Å². The van der Waals surface area contributed by atoms with E-state index in [1.54, 1.807) is 0 Å². The summed E-state index contributed by atoms with van der Waals surface area (Å²) in [5.74, 6) is 0. The van der Waals surface area contributed by atoms with E-state index in [0.29, 0.717) is 6.54 Å². The average molecular weight is 301 g/mol. The van der Waals surface area contributed by atoms with E-state index in [1.807, 2.05) is 12.1 Å². The number of nitrogens with two attached hydrogens (primary N) is 1. The van der Waals surface area contributed by atoms with Gasteiger partial charge in [0, 0.05) is 30.2 Å². The van der Waals surface area contributed by atoms with Crippen molar-refractivity contribution in [2.45, 2.75) is 19.4 Å². The molecule has 1 rings (SSSR count). The Morgan fingerprint density at radius 2 is 2.24 bits per heavy atom. The highest BCUT2D eigenvalue weighted by molar-refractivity contribution is 9.10. The quantitative estimate of drug-likeness (QED) is 0.811. The summed E-state index contributed by atoms with van der Waals surface area (Å²) in [6, 6.07) is 8.48. The zero-order valence-electron chi connectivity index (χ0n) is 10.3. The van der Waals surface area contributed by atoms with Crippen molar-refractivity contribution in [2.75, 3.05) is 26.2 Å². The fourth-order valence-corrected chi connectivity index (χ4v) is 2.43. The van der Waals surface area contributed by atoms with Crippen LogP contribution < -0.4 is 5.73 Å². The first-order valence-electron chi connectivity index (χ1n) is 6.03. The van der Waals surface area contributed by atoms with E-state index in [-0.39, 0.29) is 12.6 Å². The molecule has 0 bridgehead atoms. The van der Waals surface area contributed by atoms with Crippen LogP contribution in [0.4, 0.5) is 0 Å². The largest absolute Gasteiger partial charge is 0.396 e. The van der Waals surface area contributed by atoms with Gasteiger partial charge >= 0.3 is 0 Å². The van der Waals surface area contributed by atoms with Crippen molar-refractivity contribution >= 4 is 15.9 Å². The predicted octanol–water partition coefficient (Wildman–Crippen LogP) is 2.15. The van der Waals surface area contributed by atoms with E-state index in [1.165, 1.54) is 5.56 Å². The first-order valence-corrected chi connectivity index (χ1v) is 6.82. The van der Waals surface area contributed by atoms with Gasteiger partial charge in [-0.1, -0.05) is 35.0 Å². The topological polar surface area (TPSA) is 49.5 Å². The third-order valence-electron chi connectivity index (χ3n) is 2.91. The summed E-state index contributed by atoms with van der Waals surface area (Å²) in [5.41, 5.74) is 7.11. The molecule has 0 fully saturated rings. The molecule has 0 radical (unpaired) electrons. The fourth-order valence-electron chi connectivity index (χ4n) is 2.02. The van der Waals surface area contributed by atoms with Crippen molar-refractivity contribution in [3.8, 4) is 0 Å². The van der Waals surface area contributed by atoms with E-state index in [2.05, 4.69) is 39.9 Å². The Labute approximate surface area is 112 Å². The van der Waals surface area contributed by atoms with Gasteiger partial charge in [-0.3, -0.25) is 4.90 Å². The molecule has 0 saturated heterocycles. The van der Waals surface area contributed by atoms with E-state index in [0.717, 1.165) is 24.0 Å². The molecule has 0 amide bonds. The lowest BCUT2D eigenvalue weighted by Gasteiger charge is -2.30. The lowest BCUT2D eigenvalue weighted by Crippen LogP contribution is -2.34. The minimum Gasteiger partial charge on any atom is -0.396 e. The van der Waals surface area contributed by atoms with Gasteiger partial charge < -0.3 is 10.8 Å². The minimum atomic E-state index is 0.226. The Bertz CT molecular complexity index is 333. The molecule has 4 heteroatoms. The number of rotatable bonds is 7. The Morgan fingerprint density at radius 1 is 1.47 bits per heavy atom. The Morgan fingerprint density at radius 3 is 2.76 bits per heavy atom. The number of nitrogens with zero attached hydrogens (tertiary/aromatic N) is 1. The van der Waals surface area contributed by atoms with Crippen LogP contribution in [-0.4, -0.2) is 36.2 Å². The highest BCUT2D eigenvalue weighted by Gasteiger charge is 2.17. The van der Waals surface area contributed by atoms with Gasteiger partial charge in [0.2, 0.25) is 0 Å². The highest BCUT2D eigenvalue weighted by atomic mass is 79.9. The third-order valence-corrected chi connectivity index (χ3v) is 3.40. The minimum absolute atomic E-state index is 0.226. The molecule has 3 N–H and O–H groups in total. The van der Waals surface area contributed by atoms with Crippen molar-refractivity contribution in [3.05, 3.63) is 34.3 Å². The molecule has 17 heavy (non-hydrogen) atoms. The molecule has 96 valence electrons. The maximum Gasteiger partial charge on any atom is 0.0470 e. The lowest BCUT2D eigenvalue weighted by atomic mass is 10.1. The fraction of sp³-hybridized carbons (Fsp3) is 0.538. The van der Waals surface area contributed by atoms with Crippen LogP contribution in [0.25, 0.3) is 0 Å². The first-order chi connectivity index (χ1) is 8.22. The first kappa shape index (κ1) is 14.6. The van der Waals surface area contributed by atoms with Crippen LogP contribution in [0.15, 0.2) is 28.7 Å². The molecule has 0 spiro atoms. The summed E-state index contributed by atoms with van der Waals surface area (Å²) in [6.45, 7) is 4.76. The molecule has 0 aromatic heterocycles. The Balaban J connectivity index is 2.81. The van der Waals surface area contributed by atoms with Crippen LogP contribution in [0.5, 0.6) is 0 Å². The van der Waals surface area contributed by atoms with Crippen LogP contribution >= 0.6 is 15.9 Å². The second kappa shape index (κ2) is 7.82. The number of hydrogen-bond donors (Lipinski definition) is 2. The molecule has 0 aliphatic heterocycles. The van der Waals surface area contributed by atoms with Gasteiger partial charge in [0.1, 0.15) is 0 Å². The molecule has 0 aliphatic rings. The van der Waals surface area contributed by atoms with E-state index in [9.17, 15) is 0 Å². The predicted molar refractivity (Wildman–Crippen MR) is 74.9 cm³/mol. The van der Waals surface area contributed by atoms with Crippen LogP contribution in [0.2, 0.25) is 0 Å². The average Bonchev–Trinajstić information content (AvgIpc) is 2.34. The molecule has 1 unspecified atom stereocenters. The second-order valence-electron chi connectivity index (χ2n) is 4.01. The van der Waals surface area contributed by atoms with Crippen LogP contribution in [0.3, 0.4) is 0 Å². The summed E-state index contributed by atoms with van der Waals surface area (Å²) in [4.78, 5) is 2.30. The maximum absolute atomic E-state index is 8.91. The lowest BCUT2D eigenvalue weighted by molar-refractivity contribution is 0.185. The molecule has 0 heterocycles. The van der Waals surface area contributed by atoms with E-state index >= 15 is 0 Å². The maximum atomic E-state index is 8.91. The van der Waals surface area contributed by atoms with Crippen molar-refractivity contribution < 1.29 is 5.11 Å². The number of aliphatic hydroxyl groups is 1. The number of likely N-dealkylation sites (N-methyl/N-ethyl adjacent to an activating group) is 1. The molecule has 1 atom stereocenters. The number of hydrogen-bond acceptors (Lipinski definition) is 3. The van der Waals surface area contributed by atoms with Gasteiger partial charge in [-0.25, -0.2) is 0 Å². The monoisotopic (exact) mass is 300 g/mol. The summed E-state index contributed by atoms with van der Waals surface area (Å²) < 4.78 is 1.08. The van der Waals surface area contributed by atoms with Gasteiger partial charge in [0.05, 0.1) is 0 Å². The van der Waals surface area contributed by atoms with Crippen LogP contribution in [0.1, 0.15) is 24.9 Å². The zero-order valence-corrected chi connectivity index (χ0v) is 11.9. The van der Waals surface area contributed by atoms with Crippen molar-refractivity contribution in [3.63, 3.8) is 0 Å². The third kappa shape index (κ3) is 4.39. The molecule has 3 nitrogen and oxygen atoms in total. The molecule has 0 aliphatic carbocycles.